The van der Waals surface area contributed by atoms with Gasteiger partial charge in [-0.15, -0.1) is 0 Å². The number of thiophene rings is 1. The molecule has 1 heterocycles. The lowest BCUT2D eigenvalue weighted by atomic mass is 10.3. The standard InChI is InChI=1S/C14H15FN2OS/c1-17(8-11-6-7-19-10-11)9-14(18)16-13-4-2-12(15)3-5-13/h2-7,10H,8-9H2,1H3,(H,16,18)/p+1. The van der Waals surface area contributed by atoms with Crippen LogP contribution >= 0.6 is 11.3 Å². The lowest BCUT2D eigenvalue weighted by Crippen LogP contribution is -3.08. The Labute approximate surface area is 115 Å². The predicted molar refractivity (Wildman–Crippen MR) is 74.8 cm³/mol. The van der Waals surface area contributed by atoms with Gasteiger partial charge in [0, 0.05) is 11.3 Å². The highest BCUT2D eigenvalue weighted by molar-refractivity contribution is 7.07. The molecule has 2 aromatic rings. The molecule has 1 aromatic heterocycles. The van der Waals surface area contributed by atoms with Crippen molar-refractivity contribution in [3.63, 3.8) is 0 Å². The quantitative estimate of drug-likeness (QED) is 0.855. The van der Waals surface area contributed by atoms with Gasteiger partial charge in [0.2, 0.25) is 0 Å². The van der Waals surface area contributed by atoms with E-state index in [-0.39, 0.29) is 11.7 Å². The molecule has 0 fully saturated rings. The highest BCUT2D eigenvalue weighted by Gasteiger charge is 2.11. The molecule has 1 atom stereocenters. The zero-order chi connectivity index (χ0) is 13.7. The van der Waals surface area contributed by atoms with Crippen LogP contribution < -0.4 is 10.2 Å². The van der Waals surface area contributed by atoms with E-state index in [0.717, 1.165) is 11.4 Å². The van der Waals surface area contributed by atoms with Crippen molar-refractivity contribution in [1.82, 2.24) is 0 Å². The summed E-state index contributed by atoms with van der Waals surface area (Å²) in [6.07, 6.45) is 0. The third-order valence-electron chi connectivity index (χ3n) is 2.68. The summed E-state index contributed by atoms with van der Waals surface area (Å²) in [5, 5.41) is 6.87. The zero-order valence-electron chi connectivity index (χ0n) is 10.7. The number of hydrogen-bond acceptors (Lipinski definition) is 2. The van der Waals surface area contributed by atoms with E-state index in [0.29, 0.717) is 12.2 Å². The van der Waals surface area contributed by atoms with Crippen LogP contribution in [-0.2, 0) is 11.3 Å². The fourth-order valence-corrected chi connectivity index (χ4v) is 2.49. The fourth-order valence-electron chi connectivity index (χ4n) is 1.82. The van der Waals surface area contributed by atoms with Crippen molar-refractivity contribution in [2.75, 3.05) is 18.9 Å². The normalized spacial score (nSPS) is 12.1. The molecule has 100 valence electrons. The summed E-state index contributed by atoms with van der Waals surface area (Å²) >= 11 is 1.66. The van der Waals surface area contributed by atoms with Gasteiger partial charge < -0.3 is 10.2 Å². The molecule has 3 nitrogen and oxygen atoms in total. The summed E-state index contributed by atoms with van der Waals surface area (Å²) in [6.45, 7) is 1.20. The van der Waals surface area contributed by atoms with Crippen LogP contribution in [0.5, 0.6) is 0 Å². The Balaban J connectivity index is 1.82. The maximum absolute atomic E-state index is 12.7. The highest BCUT2D eigenvalue weighted by Crippen LogP contribution is 2.07. The van der Waals surface area contributed by atoms with E-state index < -0.39 is 0 Å². The van der Waals surface area contributed by atoms with Crippen LogP contribution in [-0.4, -0.2) is 19.5 Å². The number of carbonyl (C=O) groups excluding carboxylic acids is 1. The third kappa shape index (κ3) is 4.46. The summed E-state index contributed by atoms with van der Waals surface area (Å²) in [5.41, 5.74) is 1.85. The summed E-state index contributed by atoms with van der Waals surface area (Å²) in [5.74, 6) is -0.377. The van der Waals surface area contributed by atoms with Crippen LogP contribution in [0.1, 0.15) is 5.56 Å². The van der Waals surface area contributed by atoms with Crippen molar-refractivity contribution in [2.24, 2.45) is 0 Å². The van der Waals surface area contributed by atoms with E-state index in [4.69, 9.17) is 0 Å². The third-order valence-corrected chi connectivity index (χ3v) is 3.41. The number of hydrogen-bond donors (Lipinski definition) is 2. The molecule has 0 aliphatic heterocycles. The molecule has 0 radical (unpaired) electrons. The van der Waals surface area contributed by atoms with Crippen LogP contribution in [0.3, 0.4) is 0 Å². The molecule has 1 aromatic carbocycles. The number of benzene rings is 1. The summed E-state index contributed by atoms with van der Waals surface area (Å²) in [4.78, 5) is 12.9. The number of carbonyl (C=O) groups is 1. The second kappa shape index (κ2) is 6.45. The Bertz CT molecular complexity index is 525. The van der Waals surface area contributed by atoms with Crippen molar-refractivity contribution in [3.05, 3.63) is 52.5 Å². The van der Waals surface area contributed by atoms with Crippen LogP contribution in [0.15, 0.2) is 41.1 Å². The minimum Gasteiger partial charge on any atom is -0.326 e. The molecule has 0 bridgehead atoms. The van der Waals surface area contributed by atoms with Gasteiger partial charge in [-0.3, -0.25) is 4.79 Å². The number of nitrogens with one attached hydrogen (secondary N) is 2. The molecule has 0 aliphatic rings. The minimum atomic E-state index is -0.307. The molecular formula is C14H16FN2OS+. The number of anilines is 1. The summed E-state index contributed by atoms with van der Waals surface area (Å²) < 4.78 is 12.7. The van der Waals surface area contributed by atoms with Crippen molar-refractivity contribution in [2.45, 2.75) is 6.54 Å². The Morgan fingerprint density at radius 2 is 2.05 bits per heavy atom. The Morgan fingerprint density at radius 3 is 2.68 bits per heavy atom. The maximum Gasteiger partial charge on any atom is 0.279 e. The first-order valence-electron chi connectivity index (χ1n) is 6.01. The van der Waals surface area contributed by atoms with E-state index in [9.17, 15) is 9.18 Å². The first kappa shape index (κ1) is 13.7. The minimum absolute atomic E-state index is 0.0701. The topological polar surface area (TPSA) is 33.5 Å². The zero-order valence-corrected chi connectivity index (χ0v) is 11.5. The van der Waals surface area contributed by atoms with Crippen LogP contribution in [0, 0.1) is 5.82 Å². The summed E-state index contributed by atoms with van der Waals surface area (Å²) in [7, 11) is 1.97. The molecule has 0 spiro atoms. The molecule has 5 heteroatoms. The summed E-state index contributed by atoms with van der Waals surface area (Å²) in [6, 6.07) is 7.84. The largest absolute Gasteiger partial charge is 0.326 e. The van der Waals surface area contributed by atoms with Crippen LogP contribution in [0.4, 0.5) is 10.1 Å². The fraction of sp³-hybridized carbons (Fsp3) is 0.214. The first-order chi connectivity index (χ1) is 9.13. The molecule has 1 amide bonds. The highest BCUT2D eigenvalue weighted by atomic mass is 32.1. The monoisotopic (exact) mass is 279 g/mol. The van der Waals surface area contributed by atoms with Gasteiger partial charge in [0.15, 0.2) is 6.54 Å². The lowest BCUT2D eigenvalue weighted by molar-refractivity contribution is -0.885. The number of amides is 1. The van der Waals surface area contributed by atoms with Crippen molar-refractivity contribution in [1.29, 1.82) is 0 Å². The molecule has 19 heavy (non-hydrogen) atoms. The second-order valence-electron chi connectivity index (χ2n) is 4.50. The lowest BCUT2D eigenvalue weighted by Gasteiger charge is -2.13. The molecule has 0 aliphatic carbocycles. The molecule has 0 saturated carbocycles. The maximum atomic E-state index is 12.7. The molecule has 0 saturated heterocycles. The van der Waals surface area contributed by atoms with Gasteiger partial charge in [0.25, 0.3) is 5.91 Å². The van der Waals surface area contributed by atoms with E-state index in [1.807, 2.05) is 12.4 Å². The Morgan fingerprint density at radius 1 is 1.32 bits per heavy atom. The number of rotatable bonds is 5. The molecule has 2 rings (SSSR count). The average Bonchev–Trinajstić information content (AvgIpc) is 2.84. The Hall–Kier alpha value is -1.72. The molecule has 1 unspecified atom stereocenters. The van der Waals surface area contributed by atoms with E-state index in [1.165, 1.54) is 17.7 Å². The van der Waals surface area contributed by atoms with Gasteiger partial charge in [0.05, 0.1) is 7.05 Å². The van der Waals surface area contributed by atoms with E-state index >= 15 is 0 Å². The predicted octanol–water partition coefficient (Wildman–Crippen LogP) is 1.54. The number of halogens is 1. The second-order valence-corrected chi connectivity index (χ2v) is 5.28. The first-order valence-corrected chi connectivity index (χ1v) is 6.95. The molecule has 2 N–H and O–H groups in total. The van der Waals surface area contributed by atoms with Crippen LogP contribution in [0.25, 0.3) is 0 Å². The van der Waals surface area contributed by atoms with Crippen molar-refractivity contribution in [3.8, 4) is 0 Å². The van der Waals surface area contributed by atoms with Crippen molar-refractivity contribution >= 4 is 22.9 Å². The number of likely N-dealkylation sites (N-methyl/N-ethyl adjacent to an activating group) is 1. The van der Waals surface area contributed by atoms with Crippen LogP contribution in [0.2, 0.25) is 0 Å². The SMILES string of the molecule is C[NH+](CC(=O)Nc1ccc(F)cc1)Cc1ccsc1. The Kier molecular flexibility index (Phi) is 4.65. The van der Waals surface area contributed by atoms with Gasteiger partial charge in [-0.2, -0.15) is 11.3 Å². The smallest absolute Gasteiger partial charge is 0.279 e. The van der Waals surface area contributed by atoms with Crippen molar-refractivity contribution < 1.29 is 14.1 Å². The van der Waals surface area contributed by atoms with E-state index in [1.54, 1.807) is 23.5 Å². The van der Waals surface area contributed by atoms with Gasteiger partial charge in [-0.25, -0.2) is 4.39 Å². The van der Waals surface area contributed by atoms with E-state index in [2.05, 4.69) is 16.8 Å². The van der Waals surface area contributed by atoms with Gasteiger partial charge in [-0.1, -0.05) is 0 Å². The van der Waals surface area contributed by atoms with Gasteiger partial charge >= 0.3 is 0 Å². The van der Waals surface area contributed by atoms with Gasteiger partial charge in [-0.05, 0) is 41.1 Å². The molecular weight excluding hydrogens is 263 g/mol. The number of quaternary nitrogens is 1. The van der Waals surface area contributed by atoms with Gasteiger partial charge in [0.1, 0.15) is 12.4 Å². The average molecular weight is 279 g/mol.